The number of hydrogen-bond donors (Lipinski definition) is 0. The average molecular weight is 301 g/mol. The van der Waals surface area contributed by atoms with Gasteiger partial charge in [0, 0.05) is 26.0 Å². The molecule has 0 amide bonds. The molecule has 1 atom stereocenters. The van der Waals surface area contributed by atoms with Crippen molar-refractivity contribution in [3.05, 3.63) is 15.9 Å². The zero-order valence-electron chi connectivity index (χ0n) is 10.2. The van der Waals surface area contributed by atoms with Crippen LogP contribution in [0.25, 0.3) is 0 Å². The van der Waals surface area contributed by atoms with Crippen LogP contribution in [0.5, 0.6) is 0 Å². The number of carbonyl (C=O) groups is 1. The molecule has 1 fully saturated rings. The van der Waals surface area contributed by atoms with Crippen molar-refractivity contribution in [1.29, 1.82) is 0 Å². The Morgan fingerprint density at radius 3 is 2.94 bits per heavy atom. The molecule has 1 aliphatic heterocycles. The highest BCUT2D eigenvalue weighted by atomic mass is 79.9. The summed E-state index contributed by atoms with van der Waals surface area (Å²) in [5.74, 6) is 0.319. The molecule has 2 heterocycles. The fourth-order valence-corrected chi connectivity index (χ4v) is 2.65. The lowest BCUT2D eigenvalue weighted by Gasteiger charge is -2.20. The highest BCUT2D eigenvalue weighted by Crippen LogP contribution is 2.23. The maximum Gasteiger partial charge on any atom is 0.144 e. The molecule has 0 aromatic carbocycles. The lowest BCUT2D eigenvalue weighted by molar-refractivity contribution is -0.126. The van der Waals surface area contributed by atoms with Crippen LogP contribution in [0, 0.1) is 12.8 Å². The van der Waals surface area contributed by atoms with Gasteiger partial charge in [0.25, 0.3) is 0 Å². The number of nitrogens with zero attached hydrogens (tertiary/aromatic N) is 2. The highest BCUT2D eigenvalue weighted by Gasteiger charge is 2.24. The minimum Gasteiger partial charge on any atom is -0.381 e. The molecule has 1 unspecified atom stereocenters. The van der Waals surface area contributed by atoms with Crippen molar-refractivity contribution in [3.8, 4) is 0 Å². The zero-order valence-corrected chi connectivity index (χ0v) is 11.8. The third-order valence-electron chi connectivity index (χ3n) is 3.22. The Labute approximate surface area is 109 Å². The van der Waals surface area contributed by atoms with E-state index in [1.165, 1.54) is 0 Å². The summed E-state index contributed by atoms with van der Waals surface area (Å²) in [6.45, 7) is 3.30. The van der Waals surface area contributed by atoms with Crippen LogP contribution in [0.2, 0.25) is 0 Å². The number of aryl methyl sites for hydroxylation is 2. The van der Waals surface area contributed by atoms with E-state index in [4.69, 9.17) is 4.74 Å². The van der Waals surface area contributed by atoms with E-state index in [0.29, 0.717) is 13.0 Å². The Bertz CT molecular complexity index is 422. The largest absolute Gasteiger partial charge is 0.381 e. The van der Waals surface area contributed by atoms with Gasteiger partial charge in [0.2, 0.25) is 0 Å². The summed E-state index contributed by atoms with van der Waals surface area (Å²) >= 11 is 3.49. The van der Waals surface area contributed by atoms with Crippen LogP contribution in [0.3, 0.4) is 0 Å². The molecule has 1 aliphatic rings. The number of Topliss-reactive ketones (excluding diaryl/α,β-unsaturated/α-hetero) is 1. The van der Waals surface area contributed by atoms with Gasteiger partial charge in [-0.15, -0.1) is 0 Å². The van der Waals surface area contributed by atoms with Gasteiger partial charge in [-0.2, -0.15) is 5.10 Å². The van der Waals surface area contributed by atoms with Crippen LogP contribution < -0.4 is 0 Å². The normalized spacial score (nSPS) is 20.5. The topological polar surface area (TPSA) is 44.1 Å². The molecule has 5 heteroatoms. The summed E-state index contributed by atoms with van der Waals surface area (Å²) in [6.07, 6.45) is 2.38. The summed E-state index contributed by atoms with van der Waals surface area (Å²) in [4.78, 5) is 12.1. The molecular formula is C12H17BrN2O2. The van der Waals surface area contributed by atoms with Gasteiger partial charge in [-0.05, 0) is 35.7 Å². The Morgan fingerprint density at radius 2 is 2.41 bits per heavy atom. The first-order valence-electron chi connectivity index (χ1n) is 5.88. The Kier molecular flexibility index (Phi) is 3.99. The molecule has 1 saturated heterocycles. The summed E-state index contributed by atoms with van der Waals surface area (Å²) in [7, 11) is 1.87. The minimum absolute atomic E-state index is 0.0610. The number of ether oxygens (including phenoxy) is 1. The molecule has 2 rings (SSSR count). The highest BCUT2D eigenvalue weighted by molar-refractivity contribution is 9.10. The summed E-state index contributed by atoms with van der Waals surface area (Å²) < 4.78 is 8.08. The number of ketones is 1. The van der Waals surface area contributed by atoms with E-state index >= 15 is 0 Å². The van der Waals surface area contributed by atoms with Crippen molar-refractivity contribution in [1.82, 2.24) is 9.78 Å². The molecule has 94 valence electrons. The van der Waals surface area contributed by atoms with Crippen molar-refractivity contribution in [2.45, 2.75) is 26.2 Å². The Hall–Kier alpha value is -0.680. The molecule has 17 heavy (non-hydrogen) atoms. The smallest absolute Gasteiger partial charge is 0.144 e. The number of aromatic nitrogens is 2. The van der Waals surface area contributed by atoms with Crippen molar-refractivity contribution in [2.75, 3.05) is 13.2 Å². The Morgan fingerprint density at radius 1 is 1.65 bits per heavy atom. The fraction of sp³-hybridized carbons (Fsp3) is 0.667. The third-order valence-corrected chi connectivity index (χ3v) is 4.25. The molecule has 0 radical (unpaired) electrons. The number of rotatable bonds is 3. The second-order valence-electron chi connectivity index (χ2n) is 4.53. The first-order valence-corrected chi connectivity index (χ1v) is 6.67. The van der Waals surface area contributed by atoms with E-state index in [1.807, 2.05) is 14.0 Å². The molecule has 0 saturated carbocycles. The fourth-order valence-electron chi connectivity index (χ4n) is 2.18. The number of halogens is 1. The van der Waals surface area contributed by atoms with Crippen LogP contribution in [-0.2, 0) is 23.0 Å². The van der Waals surface area contributed by atoms with Gasteiger partial charge in [-0.1, -0.05) is 0 Å². The van der Waals surface area contributed by atoms with E-state index in [-0.39, 0.29) is 11.7 Å². The van der Waals surface area contributed by atoms with Crippen LogP contribution in [0.15, 0.2) is 4.47 Å². The van der Waals surface area contributed by atoms with E-state index in [9.17, 15) is 4.79 Å². The van der Waals surface area contributed by atoms with Crippen molar-refractivity contribution >= 4 is 21.7 Å². The monoisotopic (exact) mass is 300 g/mol. The predicted molar refractivity (Wildman–Crippen MR) is 67.9 cm³/mol. The summed E-state index contributed by atoms with van der Waals surface area (Å²) in [6, 6.07) is 0. The van der Waals surface area contributed by atoms with E-state index < -0.39 is 0 Å². The summed E-state index contributed by atoms with van der Waals surface area (Å²) in [5.41, 5.74) is 1.88. The molecule has 1 aromatic rings. The van der Waals surface area contributed by atoms with Crippen molar-refractivity contribution in [2.24, 2.45) is 13.0 Å². The number of carbonyl (C=O) groups excluding carboxylic acids is 1. The molecular weight excluding hydrogens is 284 g/mol. The minimum atomic E-state index is 0.0610. The van der Waals surface area contributed by atoms with Crippen LogP contribution in [0.1, 0.15) is 24.2 Å². The second kappa shape index (κ2) is 5.31. The maximum atomic E-state index is 12.1. The molecule has 4 nitrogen and oxygen atoms in total. The predicted octanol–water partition coefficient (Wildman–Crippen LogP) is 2.03. The van der Waals surface area contributed by atoms with Gasteiger partial charge in [0.05, 0.1) is 22.5 Å². The first-order chi connectivity index (χ1) is 8.09. The van der Waals surface area contributed by atoms with Crippen LogP contribution in [0.4, 0.5) is 0 Å². The first kappa shape index (κ1) is 12.8. The van der Waals surface area contributed by atoms with Gasteiger partial charge in [0.15, 0.2) is 0 Å². The van der Waals surface area contributed by atoms with Gasteiger partial charge in [0.1, 0.15) is 5.78 Å². The molecule has 1 aromatic heterocycles. The molecule has 0 spiro atoms. The van der Waals surface area contributed by atoms with Gasteiger partial charge in [-0.3, -0.25) is 9.48 Å². The van der Waals surface area contributed by atoms with Crippen molar-refractivity contribution < 1.29 is 9.53 Å². The van der Waals surface area contributed by atoms with Gasteiger partial charge >= 0.3 is 0 Å². The zero-order chi connectivity index (χ0) is 12.4. The van der Waals surface area contributed by atoms with E-state index in [1.54, 1.807) is 4.68 Å². The second-order valence-corrected chi connectivity index (χ2v) is 5.32. The quantitative estimate of drug-likeness (QED) is 0.858. The molecule has 0 bridgehead atoms. The van der Waals surface area contributed by atoms with Gasteiger partial charge < -0.3 is 4.74 Å². The van der Waals surface area contributed by atoms with E-state index in [0.717, 1.165) is 35.3 Å². The summed E-state index contributed by atoms with van der Waals surface area (Å²) in [5, 5.41) is 4.30. The Balaban J connectivity index is 2.07. The average Bonchev–Trinajstić information content (AvgIpc) is 2.57. The van der Waals surface area contributed by atoms with Crippen LogP contribution >= 0.6 is 15.9 Å². The third kappa shape index (κ3) is 2.77. The van der Waals surface area contributed by atoms with E-state index in [2.05, 4.69) is 21.0 Å². The number of hydrogen-bond acceptors (Lipinski definition) is 3. The lowest BCUT2D eigenvalue weighted by Crippen LogP contribution is -2.27. The maximum absolute atomic E-state index is 12.1. The molecule has 0 aliphatic carbocycles. The standard InChI is InChI=1S/C12H17BrN2O2/c1-8-12(13)10(15(2)14-8)6-11(16)9-4-3-5-17-7-9/h9H,3-7H2,1-2H3. The van der Waals surface area contributed by atoms with Crippen molar-refractivity contribution in [3.63, 3.8) is 0 Å². The van der Waals surface area contributed by atoms with Crippen LogP contribution in [-0.4, -0.2) is 28.8 Å². The SMILES string of the molecule is Cc1nn(C)c(CC(=O)C2CCCOC2)c1Br. The lowest BCUT2D eigenvalue weighted by atomic mass is 9.94. The van der Waals surface area contributed by atoms with Gasteiger partial charge in [-0.25, -0.2) is 0 Å². The molecule has 0 N–H and O–H groups in total.